The number of methoxy groups -OCH3 is 1. The highest BCUT2D eigenvalue weighted by molar-refractivity contribution is 7.14. The molecule has 6 nitrogen and oxygen atoms in total. The number of benzene rings is 1. The predicted octanol–water partition coefficient (Wildman–Crippen LogP) is 3.31. The number of ether oxygens (including phenoxy) is 1. The zero-order valence-corrected chi connectivity index (χ0v) is 15.0. The third-order valence-electron chi connectivity index (χ3n) is 3.45. The number of hydrogen-bond acceptors (Lipinski definition) is 6. The number of carbonyl (C=O) groups excluding carboxylic acids is 2. The Kier molecular flexibility index (Phi) is 6.03. The minimum Gasteiger partial charge on any atom is -0.497 e. The number of allylic oxidation sites excluding steroid dienone is 1. The van der Waals surface area contributed by atoms with Crippen molar-refractivity contribution in [2.45, 2.75) is 13.8 Å². The molecule has 2 rings (SSSR count). The quantitative estimate of drug-likeness (QED) is 0.451. The second-order valence-electron chi connectivity index (χ2n) is 5.05. The van der Waals surface area contributed by atoms with E-state index in [0.717, 1.165) is 0 Å². The fraction of sp³-hybridized carbons (Fsp3) is 0.222. The van der Waals surface area contributed by atoms with Crippen molar-refractivity contribution in [2.24, 2.45) is 0 Å². The van der Waals surface area contributed by atoms with Crippen LogP contribution in [0.3, 0.4) is 0 Å². The molecular weight excluding hydrogens is 338 g/mol. The van der Waals surface area contributed by atoms with Crippen molar-refractivity contribution in [2.75, 3.05) is 18.6 Å². The Balaban J connectivity index is 2.28. The van der Waals surface area contributed by atoms with Gasteiger partial charge in [0, 0.05) is 24.4 Å². The number of thiazole rings is 1. The lowest BCUT2D eigenvalue weighted by Crippen LogP contribution is -2.27. The molecule has 1 heterocycles. The molecule has 0 aliphatic rings. The summed E-state index contributed by atoms with van der Waals surface area (Å²) < 4.78 is 5.05. The monoisotopic (exact) mass is 355 g/mol. The molecule has 0 aliphatic heterocycles. The fourth-order valence-corrected chi connectivity index (χ4v) is 3.04. The van der Waals surface area contributed by atoms with Gasteiger partial charge in [-0.2, -0.15) is 5.26 Å². The molecule has 0 spiro atoms. The van der Waals surface area contributed by atoms with Crippen molar-refractivity contribution in [1.29, 1.82) is 5.26 Å². The Morgan fingerprint density at radius 3 is 2.56 bits per heavy atom. The van der Waals surface area contributed by atoms with E-state index in [1.807, 2.05) is 13.0 Å². The lowest BCUT2D eigenvalue weighted by Gasteiger charge is -2.14. The smallest absolute Gasteiger partial charge is 0.225 e. The largest absolute Gasteiger partial charge is 0.497 e. The summed E-state index contributed by atoms with van der Waals surface area (Å²) in [5.74, 6) is 0.132. The Morgan fingerprint density at radius 1 is 1.36 bits per heavy atom. The zero-order chi connectivity index (χ0) is 18.4. The van der Waals surface area contributed by atoms with Gasteiger partial charge in [-0.3, -0.25) is 14.5 Å². The van der Waals surface area contributed by atoms with Crippen molar-refractivity contribution >= 4 is 34.2 Å². The van der Waals surface area contributed by atoms with Gasteiger partial charge in [-0.1, -0.05) is 0 Å². The third kappa shape index (κ3) is 4.31. The lowest BCUT2D eigenvalue weighted by atomic mass is 10.0. The van der Waals surface area contributed by atoms with E-state index in [9.17, 15) is 14.9 Å². The standard InChI is InChI=1S/C18H17N3O3S/c1-4-21(12(2)22)18-20-15(11-25-18)9-14(10-19)17(23)13-5-7-16(24-3)8-6-13/h5-9,11H,4H2,1-3H3/b14-9-. The van der Waals surface area contributed by atoms with Gasteiger partial charge >= 0.3 is 0 Å². The van der Waals surface area contributed by atoms with Crippen LogP contribution in [0.2, 0.25) is 0 Å². The van der Waals surface area contributed by atoms with Crippen LogP contribution in [0.4, 0.5) is 5.13 Å². The highest BCUT2D eigenvalue weighted by Gasteiger charge is 2.16. The molecule has 0 unspecified atom stereocenters. The van der Waals surface area contributed by atoms with Crippen LogP contribution in [0.1, 0.15) is 29.9 Å². The average Bonchev–Trinajstić information content (AvgIpc) is 3.07. The average molecular weight is 355 g/mol. The Bertz CT molecular complexity index is 847. The van der Waals surface area contributed by atoms with Gasteiger partial charge in [0.2, 0.25) is 11.7 Å². The number of aromatic nitrogens is 1. The van der Waals surface area contributed by atoms with Crippen molar-refractivity contribution in [3.8, 4) is 11.8 Å². The molecule has 0 fully saturated rings. The van der Waals surface area contributed by atoms with E-state index in [0.29, 0.717) is 28.7 Å². The van der Waals surface area contributed by atoms with E-state index in [1.165, 1.54) is 36.3 Å². The van der Waals surface area contributed by atoms with E-state index < -0.39 is 5.78 Å². The number of nitrogens with zero attached hydrogens (tertiary/aromatic N) is 3. The molecule has 25 heavy (non-hydrogen) atoms. The summed E-state index contributed by atoms with van der Waals surface area (Å²) in [6.07, 6.45) is 1.43. The highest BCUT2D eigenvalue weighted by atomic mass is 32.1. The van der Waals surface area contributed by atoms with Crippen molar-refractivity contribution in [1.82, 2.24) is 4.98 Å². The number of carbonyl (C=O) groups is 2. The molecule has 128 valence electrons. The molecule has 2 aromatic rings. The number of ketones is 1. The number of Topliss-reactive ketones (excluding diaryl/α,β-unsaturated/α-hetero) is 1. The van der Waals surface area contributed by atoms with Crippen LogP contribution in [0.25, 0.3) is 6.08 Å². The van der Waals surface area contributed by atoms with E-state index in [4.69, 9.17) is 4.74 Å². The van der Waals surface area contributed by atoms with Gasteiger partial charge in [0.1, 0.15) is 17.4 Å². The normalized spacial score (nSPS) is 10.9. The first-order chi connectivity index (χ1) is 12.0. The first-order valence-corrected chi connectivity index (χ1v) is 8.42. The van der Waals surface area contributed by atoms with Crippen LogP contribution in [0, 0.1) is 11.3 Å². The number of nitriles is 1. The molecule has 0 radical (unpaired) electrons. The van der Waals surface area contributed by atoms with Crippen LogP contribution in [-0.2, 0) is 4.79 Å². The van der Waals surface area contributed by atoms with E-state index in [1.54, 1.807) is 29.6 Å². The number of hydrogen-bond donors (Lipinski definition) is 0. The maximum absolute atomic E-state index is 12.5. The predicted molar refractivity (Wildman–Crippen MR) is 96.7 cm³/mol. The van der Waals surface area contributed by atoms with Gasteiger partial charge in [0.05, 0.1) is 12.8 Å². The Labute approximate surface area is 150 Å². The van der Waals surface area contributed by atoms with Gasteiger partial charge in [0.15, 0.2) is 5.13 Å². The lowest BCUT2D eigenvalue weighted by molar-refractivity contribution is -0.116. The van der Waals surface area contributed by atoms with Crippen LogP contribution >= 0.6 is 11.3 Å². The first-order valence-electron chi connectivity index (χ1n) is 7.54. The first kappa shape index (κ1) is 18.4. The third-order valence-corrected chi connectivity index (χ3v) is 4.33. The minimum atomic E-state index is -0.390. The van der Waals surface area contributed by atoms with Crippen molar-refractivity contribution < 1.29 is 14.3 Å². The van der Waals surface area contributed by atoms with Crippen LogP contribution < -0.4 is 9.64 Å². The molecule has 0 N–H and O–H groups in total. The Morgan fingerprint density at radius 2 is 2.04 bits per heavy atom. The molecule has 0 saturated heterocycles. The second-order valence-corrected chi connectivity index (χ2v) is 5.88. The van der Waals surface area contributed by atoms with Gasteiger partial charge in [0.25, 0.3) is 0 Å². The van der Waals surface area contributed by atoms with E-state index in [2.05, 4.69) is 4.98 Å². The number of amides is 1. The summed E-state index contributed by atoms with van der Waals surface area (Å²) in [5.41, 5.74) is 0.842. The summed E-state index contributed by atoms with van der Waals surface area (Å²) in [4.78, 5) is 29.9. The Hall–Kier alpha value is -2.98. The van der Waals surface area contributed by atoms with Crippen molar-refractivity contribution in [3.63, 3.8) is 0 Å². The number of anilines is 1. The molecule has 0 atom stereocenters. The van der Waals surface area contributed by atoms with E-state index in [-0.39, 0.29) is 11.5 Å². The van der Waals surface area contributed by atoms with Crippen LogP contribution in [-0.4, -0.2) is 30.3 Å². The summed E-state index contributed by atoms with van der Waals surface area (Å²) in [6, 6.07) is 8.45. The summed E-state index contributed by atoms with van der Waals surface area (Å²) in [6.45, 7) is 3.82. The highest BCUT2D eigenvalue weighted by Crippen LogP contribution is 2.23. The molecule has 0 aliphatic carbocycles. The maximum atomic E-state index is 12.5. The molecule has 0 saturated carbocycles. The summed E-state index contributed by atoms with van der Waals surface area (Å²) >= 11 is 1.29. The van der Waals surface area contributed by atoms with Gasteiger partial charge in [-0.15, -0.1) is 11.3 Å². The van der Waals surface area contributed by atoms with Crippen molar-refractivity contribution in [3.05, 3.63) is 46.5 Å². The molecule has 0 bridgehead atoms. The van der Waals surface area contributed by atoms with Gasteiger partial charge in [-0.05, 0) is 37.3 Å². The molecule has 1 aromatic heterocycles. The van der Waals surface area contributed by atoms with E-state index >= 15 is 0 Å². The van der Waals surface area contributed by atoms with Gasteiger partial charge < -0.3 is 4.74 Å². The molecule has 1 aromatic carbocycles. The topological polar surface area (TPSA) is 83.3 Å². The summed E-state index contributed by atoms with van der Waals surface area (Å²) in [5, 5.41) is 11.6. The zero-order valence-electron chi connectivity index (χ0n) is 14.1. The molecule has 1 amide bonds. The van der Waals surface area contributed by atoms with Gasteiger partial charge in [-0.25, -0.2) is 4.98 Å². The second kappa shape index (κ2) is 8.22. The summed E-state index contributed by atoms with van der Waals surface area (Å²) in [7, 11) is 1.54. The van der Waals surface area contributed by atoms with Crippen LogP contribution in [0.5, 0.6) is 5.75 Å². The maximum Gasteiger partial charge on any atom is 0.225 e. The fourth-order valence-electron chi connectivity index (χ4n) is 2.15. The minimum absolute atomic E-state index is 0.0205. The van der Waals surface area contributed by atoms with Crippen LogP contribution in [0.15, 0.2) is 35.2 Å². The molecular formula is C18H17N3O3S. The number of rotatable bonds is 6. The molecule has 7 heteroatoms. The SMILES string of the molecule is CCN(C(C)=O)c1nc(/C=C(/C#N)C(=O)c2ccc(OC)cc2)cs1.